The second kappa shape index (κ2) is 5.46. The summed E-state index contributed by atoms with van der Waals surface area (Å²) in [7, 11) is 1.25. The molecule has 0 unspecified atom stereocenters. The molecular formula is C10H8ClNO6. The van der Waals surface area contributed by atoms with E-state index in [1.165, 1.54) is 7.11 Å². The van der Waals surface area contributed by atoms with Crippen LogP contribution in [0.1, 0.15) is 16.8 Å². The second-order valence-corrected chi connectivity index (χ2v) is 3.66. The quantitative estimate of drug-likeness (QED) is 0.380. The SMILES string of the molecule is COc1cc(Cl)c([N+](=O)[O-])cc1C(=O)CC(=O)O. The zero-order valence-electron chi connectivity index (χ0n) is 9.18. The van der Waals surface area contributed by atoms with Gasteiger partial charge in [-0.05, 0) is 0 Å². The fraction of sp³-hybridized carbons (Fsp3) is 0.200. The van der Waals surface area contributed by atoms with Crippen LogP contribution in [0.15, 0.2) is 12.1 Å². The molecule has 0 saturated carbocycles. The van der Waals surface area contributed by atoms with Crippen molar-refractivity contribution in [3.63, 3.8) is 0 Å². The van der Waals surface area contributed by atoms with Gasteiger partial charge in [0.1, 0.15) is 17.2 Å². The minimum absolute atomic E-state index is 0.00292. The molecule has 1 aromatic rings. The molecule has 96 valence electrons. The molecule has 1 aromatic carbocycles. The van der Waals surface area contributed by atoms with E-state index in [0.29, 0.717) is 0 Å². The summed E-state index contributed by atoms with van der Waals surface area (Å²) >= 11 is 5.64. The Morgan fingerprint density at radius 2 is 2.11 bits per heavy atom. The molecule has 18 heavy (non-hydrogen) atoms. The first kappa shape index (κ1) is 13.9. The number of carbonyl (C=O) groups is 2. The predicted octanol–water partition coefficient (Wildman–Crippen LogP) is 1.91. The molecule has 0 aliphatic rings. The maximum Gasteiger partial charge on any atom is 0.311 e. The third-order valence-corrected chi connectivity index (χ3v) is 2.38. The number of benzene rings is 1. The highest BCUT2D eigenvalue weighted by Gasteiger charge is 2.22. The highest BCUT2D eigenvalue weighted by atomic mass is 35.5. The molecule has 1 rings (SSSR count). The van der Waals surface area contributed by atoms with E-state index in [2.05, 4.69) is 0 Å². The van der Waals surface area contributed by atoms with Gasteiger partial charge in [-0.2, -0.15) is 0 Å². The number of nitro benzene ring substituents is 1. The van der Waals surface area contributed by atoms with E-state index in [1.54, 1.807) is 0 Å². The number of nitrogens with zero attached hydrogens (tertiary/aromatic N) is 1. The Kier molecular flexibility index (Phi) is 4.22. The van der Waals surface area contributed by atoms with Gasteiger partial charge in [0.05, 0.1) is 17.6 Å². The van der Waals surface area contributed by atoms with Gasteiger partial charge in [-0.25, -0.2) is 0 Å². The molecule has 0 radical (unpaired) electrons. The number of nitro groups is 1. The molecule has 0 heterocycles. The number of carboxylic acids is 1. The van der Waals surface area contributed by atoms with E-state index in [4.69, 9.17) is 21.4 Å². The summed E-state index contributed by atoms with van der Waals surface area (Å²) in [5, 5.41) is 19.0. The normalized spacial score (nSPS) is 9.89. The third kappa shape index (κ3) is 2.95. The summed E-state index contributed by atoms with van der Waals surface area (Å²) < 4.78 is 4.84. The molecule has 0 aliphatic heterocycles. The van der Waals surface area contributed by atoms with Gasteiger partial charge in [0.25, 0.3) is 5.69 Å². The first-order chi connectivity index (χ1) is 8.36. The molecule has 8 heteroatoms. The summed E-state index contributed by atoms with van der Waals surface area (Å²) in [4.78, 5) is 31.9. The number of Topliss-reactive ketones (excluding diaryl/α,β-unsaturated/α-hetero) is 1. The molecule has 0 bridgehead atoms. The molecule has 0 aromatic heterocycles. The number of hydrogen-bond donors (Lipinski definition) is 1. The van der Waals surface area contributed by atoms with Crippen LogP contribution < -0.4 is 4.74 Å². The highest BCUT2D eigenvalue weighted by Crippen LogP contribution is 2.32. The summed E-state index contributed by atoms with van der Waals surface area (Å²) in [5.74, 6) is -2.13. The second-order valence-electron chi connectivity index (χ2n) is 3.25. The number of hydrogen-bond acceptors (Lipinski definition) is 5. The zero-order valence-corrected chi connectivity index (χ0v) is 9.93. The Hall–Kier alpha value is -2.15. The molecule has 0 saturated heterocycles. The van der Waals surface area contributed by atoms with Crippen molar-refractivity contribution in [1.29, 1.82) is 0 Å². The van der Waals surface area contributed by atoms with Gasteiger partial charge in [0, 0.05) is 12.1 Å². The minimum Gasteiger partial charge on any atom is -0.496 e. The molecule has 0 aliphatic carbocycles. The van der Waals surface area contributed by atoms with Crippen LogP contribution in [0.3, 0.4) is 0 Å². The van der Waals surface area contributed by atoms with Gasteiger partial charge >= 0.3 is 5.97 Å². The van der Waals surface area contributed by atoms with Gasteiger partial charge in [0.15, 0.2) is 5.78 Å². The van der Waals surface area contributed by atoms with Crippen LogP contribution >= 0.6 is 11.6 Å². The van der Waals surface area contributed by atoms with Crippen molar-refractivity contribution in [1.82, 2.24) is 0 Å². The lowest BCUT2D eigenvalue weighted by molar-refractivity contribution is -0.384. The van der Waals surface area contributed by atoms with E-state index in [9.17, 15) is 19.7 Å². The summed E-state index contributed by atoms with van der Waals surface area (Å²) in [5.41, 5.74) is -0.665. The first-order valence-electron chi connectivity index (χ1n) is 4.63. The monoisotopic (exact) mass is 273 g/mol. The number of carbonyl (C=O) groups excluding carboxylic acids is 1. The fourth-order valence-electron chi connectivity index (χ4n) is 1.30. The number of halogens is 1. The third-order valence-electron chi connectivity index (χ3n) is 2.08. The van der Waals surface area contributed by atoms with Crippen LogP contribution in [0.25, 0.3) is 0 Å². The van der Waals surface area contributed by atoms with E-state index in [-0.39, 0.29) is 16.3 Å². The van der Waals surface area contributed by atoms with E-state index >= 15 is 0 Å². The minimum atomic E-state index is -1.33. The molecule has 0 atom stereocenters. The van der Waals surface area contributed by atoms with Gasteiger partial charge in [-0.1, -0.05) is 11.6 Å². The van der Waals surface area contributed by atoms with Crippen molar-refractivity contribution in [2.24, 2.45) is 0 Å². The predicted molar refractivity (Wildman–Crippen MR) is 61.2 cm³/mol. The molecular weight excluding hydrogens is 266 g/mol. The standard InChI is InChI=1S/C10H8ClNO6/c1-18-9-3-6(11)7(12(16)17)2-5(9)8(13)4-10(14)15/h2-3H,4H2,1H3,(H,14,15). The number of methoxy groups -OCH3 is 1. The Balaban J connectivity index is 3.32. The molecule has 7 nitrogen and oxygen atoms in total. The number of ether oxygens (including phenoxy) is 1. The Bertz CT molecular complexity index is 527. The lowest BCUT2D eigenvalue weighted by Gasteiger charge is -2.07. The number of carboxylic acid groups (broad SMARTS) is 1. The van der Waals surface area contributed by atoms with Gasteiger partial charge in [-0.3, -0.25) is 19.7 Å². The van der Waals surface area contributed by atoms with Crippen LogP contribution in [-0.2, 0) is 4.79 Å². The van der Waals surface area contributed by atoms with E-state index < -0.39 is 28.8 Å². The van der Waals surface area contributed by atoms with Crippen molar-refractivity contribution in [3.8, 4) is 5.75 Å². The molecule has 1 N–H and O–H groups in total. The van der Waals surface area contributed by atoms with Crippen LogP contribution in [0.2, 0.25) is 5.02 Å². The van der Waals surface area contributed by atoms with Crippen molar-refractivity contribution < 1.29 is 24.4 Å². The van der Waals surface area contributed by atoms with Crippen molar-refractivity contribution in [2.45, 2.75) is 6.42 Å². The highest BCUT2D eigenvalue weighted by molar-refractivity contribution is 6.33. The first-order valence-corrected chi connectivity index (χ1v) is 5.01. The summed E-state index contributed by atoms with van der Waals surface area (Å²) in [6, 6.07) is 2.02. The van der Waals surface area contributed by atoms with Crippen molar-refractivity contribution >= 4 is 29.0 Å². The van der Waals surface area contributed by atoms with Crippen molar-refractivity contribution in [2.75, 3.05) is 7.11 Å². The van der Waals surface area contributed by atoms with Crippen LogP contribution in [-0.4, -0.2) is 28.9 Å². The molecule has 0 spiro atoms. The van der Waals surface area contributed by atoms with Crippen LogP contribution in [0.4, 0.5) is 5.69 Å². The lowest BCUT2D eigenvalue weighted by Crippen LogP contribution is -2.09. The molecule has 0 amide bonds. The van der Waals surface area contributed by atoms with Gasteiger partial charge in [-0.15, -0.1) is 0 Å². The fourth-order valence-corrected chi connectivity index (χ4v) is 1.53. The maximum absolute atomic E-state index is 11.6. The topological polar surface area (TPSA) is 107 Å². The summed E-state index contributed by atoms with van der Waals surface area (Å²) in [6.07, 6.45) is -0.783. The van der Waals surface area contributed by atoms with Crippen LogP contribution in [0.5, 0.6) is 5.75 Å². The van der Waals surface area contributed by atoms with Gasteiger partial charge < -0.3 is 9.84 Å². The number of rotatable bonds is 5. The zero-order chi connectivity index (χ0) is 13.9. The summed E-state index contributed by atoms with van der Waals surface area (Å²) in [6.45, 7) is 0. The smallest absolute Gasteiger partial charge is 0.311 e. The largest absolute Gasteiger partial charge is 0.496 e. The van der Waals surface area contributed by atoms with Gasteiger partial charge in [0.2, 0.25) is 0 Å². The maximum atomic E-state index is 11.6. The van der Waals surface area contributed by atoms with E-state index in [0.717, 1.165) is 12.1 Å². The Morgan fingerprint density at radius 3 is 2.56 bits per heavy atom. The Labute approximate surface area is 106 Å². The molecule has 0 fully saturated rings. The van der Waals surface area contributed by atoms with Crippen molar-refractivity contribution in [3.05, 3.63) is 32.8 Å². The Morgan fingerprint density at radius 1 is 1.50 bits per heavy atom. The number of ketones is 1. The lowest BCUT2D eigenvalue weighted by atomic mass is 10.1. The number of aliphatic carboxylic acids is 1. The van der Waals surface area contributed by atoms with Crippen LogP contribution in [0, 0.1) is 10.1 Å². The average Bonchev–Trinajstić information content (AvgIpc) is 2.26. The van der Waals surface area contributed by atoms with E-state index in [1.807, 2.05) is 0 Å². The average molecular weight is 274 g/mol.